The summed E-state index contributed by atoms with van der Waals surface area (Å²) in [6, 6.07) is 9.99. The fraction of sp³-hybridized carbons (Fsp3) is 0.375. The molecule has 0 spiro atoms. The van der Waals surface area contributed by atoms with E-state index in [9.17, 15) is 5.11 Å². The number of aliphatic hydroxyl groups excluding tert-OH is 1. The maximum Gasteiger partial charge on any atom is 0.0915 e. The Bertz CT molecular complexity index is 490. The smallest absolute Gasteiger partial charge is 0.0915 e. The quantitative estimate of drug-likeness (QED) is 0.810. The lowest BCUT2D eigenvalue weighted by molar-refractivity contribution is 0.170. The van der Waals surface area contributed by atoms with Crippen LogP contribution in [-0.2, 0) is 6.42 Å². The molecule has 0 aromatic carbocycles. The van der Waals surface area contributed by atoms with Gasteiger partial charge in [0.05, 0.1) is 6.10 Å². The number of aryl methyl sites for hydroxylation is 1. The molecule has 0 saturated heterocycles. The molecule has 0 aliphatic rings. The van der Waals surface area contributed by atoms with Gasteiger partial charge in [0.2, 0.25) is 0 Å². The summed E-state index contributed by atoms with van der Waals surface area (Å²) in [7, 11) is 0. The number of nitrogens with one attached hydrogen (secondary N) is 1. The first kappa shape index (κ1) is 14.6. The SMILES string of the molecule is CC(CCc1ccccn1)NCC(O)c1ccncc1. The summed E-state index contributed by atoms with van der Waals surface area (Å²) >= 11 is 0. The molecule has 2 heterocycles. The lowest BCUT2D eigenvalue weighted by atomic mass is 10.1. The van der Waals surface area contributed by atoms with Crippen LogP contribution in [-0.4, -0.2) is 27.7 Å². The summed E-state index contributed by atoms with van der Waals surface area (Å²) in [5.41, 5.74) is 2.00. The van der Waals surface area contributed by atoms with Crippen LogP contribution in [0.1, 0.15) is 30.7 Å². The molecule has 0 amide bonds. The predicted molar refractivity (Wildman–Crippen MR) is 79.2 cm³/mol. The average Bonchev–Trinajstić information content (AvgIpc) is 2.52. The summed E-state index contributed by atoms with van der Waals surface area (Å²) in [6.45, 7) is 2.68. The zero-order chi connectivity index (χ0) is 14.2. The van der Waals surface area contributed by atoms with Crippen LogP contribution in [0, 0.1) is 0 Å². The van der Waals surface area contributed by atoms with E-state index in [-0.39, 0.29) is 0 Å². The van der Waals surface area contributed by atoms with Gasteiger partial charge in [-0.25, -0.2) is 0 Å². The average molecular weight is 271 g/mol. The number of pyridine rings is 2. The Hall–Kier alpha value is -1.78. The normalized spacial score (nSPS) is 13.9. The Morgan fingerprint density at radius 3 is 2.65 bits per heavy atom. The van der Waals surface area contributed by atoms with E-state index in [0.29, 0.717) is 12.6 Å². The Labute approximate surface area is 119 Å². The zero-order valence-corrected chi connectivity index (χ0v) is 11.7. The Kier molecular flexibility index (Phi) is 5.65. The van der Waals surface area contributed by atoms with Crippen molar-refractivity contribution in [1.29, 1.82) is 0 Å². The standard InChI is InChI=1S/C16H21N3O/c1-13(5-6-15-4-2-3-9-18-15)19-12-16(20)14-7-10-17-11-8-14/h2-4,7-11,13,16,19-20H,5-6,12H2,1H3. The Morgan fingerprint density at radius 2 is 1.95 bits per heavy atom. The van der Waals surface area contributed by atoms with Gasteiger partial charge in [-0.1, -0.05) is 6.07 Å². The number of nitrogens with zero attached hydrogens (tertiary/aromatic N) is 2. The molecule has 0 aliphatic carbocycles. The topological polar surface area (TPSA) is 58.0 Å². The van der Waals surface area contributed by atoms with Crippen LogP contribution >= 0.6 is 0 Å². The summed E-state index contributed by atoms with van der Waals surface area (Å²) in [6.07, 6.45) is 6.67. The maximum absolute atomic E-state index is 10.1. The Balaban J connectivity index is 1.71. The second-order valence-corrected chi connectivity index (χ2v) is 4.97. The fourth-order valence-electron chi connectivity index (χ4n) is 2.03. The fourth-order valence-corrected chi connectivity index (χ4v) is 2.03. The number of aliphatic hydroxyl groups is 1. The van der Waals surface area contributed by atoms with Crippen LogP contribution in [0.25, 0.3) is 0 Å². The molecule has 106 valence electrons. The van der Waals surface area contributed by atoms with E-state index in [0.717, 1.165) is 24.1 Å². The molecule has 2 rings (SSSR count). The molecule has 2 unspecified atom stereocenters. The summed E-state index contributed by atoms with van der Waals surface area (Å²) in [5.74, 6) is 0. The minimum absolute atomic E-state index is 0.341. The third kappa shape index (κ3) is 4.72. The lowest BCUT2D eigenvalue weighted by Gasteiger charge is -2.17. The van der Waals surface area contributed by atoms with Gasteiger partial charge in [0.15, 0.2) is 0 Å². The third-order valence-corrected chi connectivity index (χ3v) is 3.31. The van der Waals surface area contributed by atoms with E-state index in [1.807, 2.05) is 36.5 Å². The molecule has 0 aliphatic heterocycles. The highest BCUT2D eigenvalue weighted by molar-refractivity contribution is 5.13. The third-order valence-electron chi connectivity index (χ3n) is 3.31. The second kappa shape index (κ2) is 7.72. The van der Waals surface area contributed by atoms with Crippen molar-refractivity contribution >= 4 is 0 Å². The van der Waals surface area contributed by atoms with Gasteiger partial charge < -0.3 is 10.4 Å². The molecule has 2 atom stereocenters. The summed E-state index contributed by atoms with van der Waals surface area (Å²) in [4.78, 5) is 8.26. The van der Waals surface area contributed by atoms with Crippen LogP contribution in [0.3, 0.4) is 0 Å². The highest BCUT2D eigenvalue weighted by Crippen LogP contribution is 2.10. The van der Waals surface area contributed by atoms with Crippen LogP contribution in [0.15, 0.2) is 48.9 Å². The predicted octanol–water partition coefficient (Wildman–Crippen LogP) is 2.12. The molecule has 0 saturated carbocycles. The van der Waals surface area contributed by atoms with E-state index in [1.54, 1.807) is 12.4 Å². The van der Waals surface area contributed by atoms with E-state index >= 15 is 0 Å². The van der Waals surface area contributed by atoms with Crippen LogP contribution in [0.5, 0.6) is 0 Å². The van der Waals surface area contributed by atoms with E-state index < -0.39 is 6.10 Å². The molecule has 20 heavy (non-hydrogen) atoms. The lowest BCUT2D eigenvalue weighted by Crippen LogP contribution is -2.30. The highest BCUT2D eigenvalue weighted by Gasteiger charge is 2.09. The minimum atomic E-state index is -0.490. The van der Waals surface area contributed by atoms with E-state index in [1.165, 1.54) is 0 Å². The van der Waals surface area contributed by atoms with Crippen molar-refractivity contribution in [3.05, 3.63) is 60.2 Å². The van der Waals surface area contributed by atoms with Gasteiger partial charge in [0, 0.05) is 36.9 Å². The molecule has 0 fully saturated rings. The molecule has 4 nitrogen and oxygen atoms in total. The van der Waals surface area contributed by atoms with Crippen molar-refractivity contribution in [3.63, 3.8) is 0 Å². The molecule has 0 bridgehead atoms. The maximum atomic E-state index is 10.1. The number of hydrogen-bond donors (Lipinski definition) is 2. The van der Waals surface area contributed by atoms with Crippen LogP contribution in [0.2, 0.25) is 0 Å². The van der Waals surface area contributed by atoms with Gasteiger partial charge in [0.1, 0.15) is 0 Å². The van der Waals surface area contributed by atoms with Crippen molar-refractivity contribution in [3.8, 4) is 0 Å². The number of aromatic nitrogens is 2. The molecule has 0 radical (unpaired) electrons. The van der Waals surface area contributed by atoms with Gasteiger partial charge in [-0.05, 0) is 49.6 Å². The Morgan fingerprint density at radius 1 is 1.15 bits per heavy atom. The molecular formula is C16H21N3O. The zero-order valence-electron chi connectivity index (χ0n) is 11.7. The monoisotopic (exact) mass is 271 g/mol. The van der Waals surface area contributed by atoms with Gasteiger partial charge in [-0.3, -0.25) is 9.97 Å². The van der Waals surface area contributed by atoms with E-state index in [4.69, 9.17) is 0 Å². The minimum Gasteiger partial charge on any atom is -0.387 e. The molecule has 2 aromatic heterocycles. The summed E-state index contributed by atoms with van der Waals surface area (Å²) < 4.78 is 0. The largest absolute Gasteiger partial charge is 0.387 e. The first-order chi connectivity index (χ1) is 9.75. The number of rotatable bonds is 7. The van der Waals surface area contributed by atoms with Crippen LogP contribution in [0.4, 0.5) is 0 Å². The van der Waals surface area contributed by atoms with Gasteiger partial charge in [-0.2, -0.15) is 0 Å². The number of hydrogen-bond acceptors (Lipinski definition) is 4. The summed E-state index contributed by atoms with van der Waals surface area (Å²) in [5, 5.41) is 13.4. The van der Waals surface area contributed by atoms with Crippen molar-refractivity contribution in [2.75, 3.05) is 6.54 Å². The van der Waals surface area contributed by atoms with Crippen molar-refractivity contribution in [1.82, 2.24) is 15.3 Å². The van der Waals surface area contributed by atoms with Crippen LogP contribution < -0.4 is 5.32 Å². The second-order valence-electron chi connectivity index (χ2n) is 4.97. The van der Waals surface area contributed by atoms with Crippen molar-refractivity contribution in [2.24, 2.45) is 0 Å². The molecule has 4 heteroatoms. The van der Waals surface area contributed by atoms with E-state index in [2.05, 4.69) is 22.2 Å². The van der Waals surface area contributed by atoms with Crippen molar-refractivity contribution in [2.45, 2.75) is 31.9 Å². The van der Waals surface area contributed by atoms with Gasteiger partial charge in [-0.15, -0.1) is 0 Å². The van der Waals surface area contributed by atoms with Gasteiger partial charge in [0.25, 0.3) is 0 Å². The molecule has 2 N–H and O–H groups in total. The van der Waals surface area contributed by atoms with Gasteiger partial charge >= 0.3 is 0 Å². The highest BCUT2D eigenvalue weighted by atomic mass is 16.3. The first-order valence-corrected chi connectivity index (χ1v) is 6.97. The van der Waals surface area contributed by atoms with Crippen molar-refractivity contribution < 1.29 is 5.11 Å². The molecular weight excluding hydrogens is 250 g/mol. The first-order valence-electron chi connectivity index (χ1n) is 6.97. The molecule has 2 aromatic rings.